The van der Waals surface area contributed by atoms with E-state index in [4.69, 9.17) is 9.47 Å². The van der Waals surface area contributed by atoms with Crippen LogP contribution in [0.15, 0.2) is 42.5 Å². The third-order valence-electron chi connectivity index (χ3n) is 6.87. The van der Waals surface area contributed by atoms with Gasteiger partial charge in [0.15, 0.2) is 0 Å². The summed E-state index contributed by atoms with van der Waals surface area (Å²) in [6.07, 6.45) is 0.317. The van der Waals surface area contributed by atoms with Gasteiger partial charge in [0.1, 0.15) is 17.2 Å². The van der Waals surface area contributed by atoms with E-state index in [0.29, 0.717) is 19.4 Å². The maximum atomic E-state index is 13.3. The first kappa shape index (κ1) is 25.0. The largest absolute Gasteiger partial charge is 0.479 e. The van der Waals surface area contributed by atoms with E-state index in [1.807, 2.05) is 49.4 Å². The Hall–Kier alpha value is -3.13. The number of carboxylic acid groups (broad SMARTS) is 1. The van der Waals surface area contributed by atoms with Crippen LogP contribution in [0.5, 0.6) is 0 Å². The molecular formula is C27H34N2O6. The van der Waals surface area contributed by atoms with Crippen molar-refractivity contribution in [3.8, 4) is 0 Å². The number of hydrogen-bond acceptors (Lipinski definition) is 5. The maximum Gasteiger partial charge on any atom is 0.411 e. The number of hydrogen-bond donors (Lipinski definition) is 2. The lowest BCUT2D eigenvalue weighted by atomic mass is 10.1. The fourth-order valence-corrected chi connectivity index (χ4v) is 4.91. The molecule has 1 saturated carbocycles. The zero-order valence-corrected chi connectivity index (χ0v) is 20.7. The van der Waals surface area contributed by atoms with Crippen molar-refractivity contribution in [2.45, 2.75) is 76.9 Å². The summed E-state index contributed by atoms with van der Waals surface area (Å²) in [5.74, 6) is -1.63. The second-order valence-electron chi connectivity index (χ2n) is 10.5. The number of carboxylic acids is 1. The highest BCUT2D eigenvalue weighted by Gasteiger charge is 2.61. The van der Waals surface area contributed by atoms with Crippen LogP contribution in [0.2, 0.25) is 0 Å². The summed E-state index contributed by atoms with van der Waals surface area (Å²) in [7, 11) is 0. The Balaban J connectivity index is 1.49. The van der Waals surface area contributed by atoms with Crippen LogP contribution in [0.3, 0.4) is 0 Å². The van der Waals surface area contributed by atoms with E-state index in [2.05, 4.69) is 5.32 Å². The second-order valence-corrected chi connectivity index (χ2v) is 10.5. The third-order valence-corrected chi connectivity index (χ3v) is 6.87. The lowest BCUT2D eigenvalue weighted by Gasteiger charge is -2.28. The maximum absolute atomic E-state index is 13.3. The normalized spacial score (nSPS) is 25.9. The van der Waals surface area contributed by atoms with Crippen molar-refractivity contribution >= 4 is 28.7 Å². The third kappa shape index (κ3) is 5.27. The minimum atomic E-state index is -1.26. The standard InChI is InChI=1S/C27H34N2O6/c1-5-19-14-27(19,24(31)32)28-23(30)22-13-20(15-29(22)25(33)35-26(2,3)4)34-16-18-11-8-10-17-9-6-7-12-21(17)18/h6-12,19-20,22H,5,13-16H2,1-4H3,(H,28,30)(H,31,32). The van der Waals surface area contributed by atoms with Gasteiger partial charge in [-0.1, -0.05) is 55.8 Å². The van der Waals surface area contributed by atoms with Crippen LogP contribution in [-0.2, 0) is 25.7 Å². The molecule has 2 aliphatic rings. The number of rotatable bonds is 7. The van der Waals surface area contributed by atoms with Crippen LogP contribution < -0.4 is 5.32 Å². The fourth-order valence-electron chi connectivity index (χ4n) is 4.91. The van der Waals surface area contributed by atoms with E-state index < -0.39 is 35.2 Å². The molecule has 4 rings (SSSR count). The van der Waals surface area contributed by atoms with Crippen LogP contribution >= 0.6 is 0 Å². The predicted octanol–water partition coefficient (Wildman–Crippen LogP) is 4.10. The number of likely N-dealkylation sites (tertiary alicyclic amines) is 1. The number of carbonyl (C=O) groups excluding carboxylic acids is 2. The molecule has 2 aromatic rings. The molecule has 35 heavy (non-hydrogen) atoms. The molecule has 4 atom stereocenters. The Kier molecular flexibility index (Phi) is 6.77. The number of benzene rings is 2. The highest BCUT2D eigenvalue weighted by molar-refractivity contribution is 5.94. The SMILES string of the molecule is CCC1CC1(NC(=O)C1CC(OCc2cccc3ccccc23)CN1C(=O)OC(C)(C)C)C(=O)O. The van der Waals surface area contributed by atoms with Gasteiger partial charge >= 0.3 is 12.1 Å². The highest BCUT2D eigenvalue weighted by Crippen LogP contribution is 2.46. The van der Waals surface area contributed by atoms with Crippen molar-refractivity contribution < 1.29 is 29.0 Å². The number of nitrogens with one attached hydrogen (secondary N) is 1. The van der Waals surface area contributed by atoms with Gasteiger partial charge in [0, 0.05) is 6.42 Å². The lowest BCUT2D eigenvalue weighted by Crippen LogP contribution is -2.53. The molecule has 1 saturated heterocycles. The fraction of sp³-hybridized carbons (Fsp3) is 0.519. The van der Waals surface area contributed by atoms with Crippen LogP contribution in [0.1, 0.15) is 52.5 Å². The van der Waals surface area contributed by atoms with Crippen LogP contribution in [0.25, 0.3) is 10.8 Å². The van der Waals surface area contributed by atoms with Crippen LogP contribution in [-0.4, -0.2) is 57.8 Å². The van der Waals surface area contributed by atoms with Crippen molar-refractivity contribution in [1.82, 2.24) is 10.2 Å². The van der Waals surface area contributed by atoms with Gasteiger partial charge in [0.25, 0.3) is 0 Å². The molecule has 2 amide bonds. The van der Waals surface area contributed by atoms with Gasteiger partial charge in [-0.2, -0.15) is 0 Å². The zero-order chi connectivity index (χ0) is 25.4. The number of amides is 2. The molecule has 1 heterocycles. The van der Waals surface area contributed by atoms with Gasteiger partial charge in [-0.15, -0.1) is 0 Å². The molecule has 0 bridgehead atoms. The molecule has 0 radical (unpaired) electrons. The molecular weight excluding hydrogens is 448 g/mol. The Bertz CT molecular complexity index is 1120. The van der Waals surface area contributed by atoms with Crippen LogP contribution in [0, 0.1) is 5.92 Å². The summed E-state index contributed by atoms with van der Waals surface area (Å²) in [5.41, 5.74) is -0.965. The van der Waals surface area contributed by atoms with Gasteiger partial charge < -0.3 is 19.9 Å². The minimum absolute atomic E-state index is 0.112. The molecule has 188 valence electrons. The lowest BCUT2D eigenvalue weighted by molar-refractivity contribution is -0.144. The number of carbonyl (C=O) groups is 3. The number of ether oxygens (including phenoxy) is 2. The summed E-state index contributed by atoms with van der Waals surface area (Å²) < 4.78 is 11.7. The summed E-state index contributed by atoms with van der Waals surface area (Å²) in [6, 6.07) is 13.2. The molecule has 1 aliphatic carbocycles. The summed E-state index contributed by atoms with van der Waals surface area (Å²) in [5, 5.41) is 14.7. The molecule has 0 spiro atoms. The van der Waals surface area contributed by atoms with E-state index in [0.717, 1.165) is 16.3 Å². The van der Waals surface area contributed by atoms with E-state index in [1.165, 1.54) is 4.90 Å². The van der Waals surface area contributed by atoms with Gasteiger partial charge in [-0.25, -0.2) is 9.59 Å². The zero-order valence-electron chi connectivity index (χ0n) is 20.7. The Morgan fingerprint density at radius 2 is 1.86 bits per heavy atom. The highest BCUT2D eigenvalue weighted by atomic mass is 16.6. The molecule has 4 unspecified atom stereocenters. The first-order valence-corrected chi connectivity index (χ1v) is 12.2. The van der Waals surface area contributed by atoms with E-state index in [-0.39, 0.29) is 25.0 Å². The van der Waals surface area contributed by atoms with Gasteiger partial charge in [-0.05, 0) is 49.4 Å². The summed E-state index contributed by atoms with van der Waals surface area (Å²) >= 11 is 0. The first-order chi connectivity index (χ1) is 16.5. The molecule has 2 N–H and O–H groups in total. The van der Waals surface area contributed by atoms with Crippen molar-refractivity contribution in [2.24, 2.45) is 5.92 Å². The van der Waals surface area contributed by atoms with Crippen molar-refractivity contribution in [3.05, 3.63) is 48.0 Å². The van der Waals surface area contributed by atoms with Gasteiger partial charge in [0.05, 0.1) is 19.3 Å². The molecule has 2 aromatic carbocycles. The molecule has 1 aliphatic heterocycles. The van der Waals surface area contributed by atoms with Gasteiger partial charge in [-0.3, -0.25) is 9.69 Å². The van der Waals surface area contributed by atoms with Crippen LogP contribution in [0.4, 0.5) is 4.79 Å². The summed E-state index contributed by atoms with van der Waals surface area (Å²) in [6.45, 7) is 7.72. The van der Waals surface area contributed by atoms with E-state index in [1.54, 1.807) is 20.8 Å². The summed E-state index contributed by atoms with van der Waals surface area (Å²) in [4.78, 5) is 39.5. The Morgan fingerprint density at radius 3 is 2.51 bits per heavy atom. The monoisotopic (exact) mass is 482 g/mol. The van der Waals surface area contributed by atoms with Crippen molar-refractivity contribution in [1.29, 1.82) is 0 Å². The molecule has 8 nitrogen and oxygen atoms in total. The van der Waals surface area contributed by atoms with Crippen molar-refractivity contribution in [2.75, 3.05) is 6.54 Å². The smallest absolute Gasteiger partial charge is 0.411 e. The number of fused-ring (bicyclic) bond motifs is 1. The quantitative estimate of drug-likeness (QED) is 0.616. The number of nitrogens with zero attached hydrogens (tertiary/aromatic N) is 1. The minimum Gasteiger partial charge on any atom is -0.479 e. The Labute approximate surface area is 205 Å². The molecule has 2 fully saturated rings. The average molecular weight is 483 g/mol. The first-order valence-electron chi connectivity index (χ1n) is 12.2. The Morgan fingerprint density at radius 1 is 1.14 bits per heavy atom. The van der Waals surface area contributed by atoms with E-state index >= 15 is 0 Å². The van der Waals surface area contributed by atoms with Crippen molar-refractivity contribution in [3.63, 3.8) is 0 Å². The topological polar surface area (TPSA) is 105 Å². The van der Waals surface area contributed by atoms with Gasteiger partial charge in [0.2, 0.25) is 5.91 Å². The second kappa shape index (κ2) is 9.49. The number of aliphatic carboxylic acids is 1. The van der Waals surface area contributed by atoms with E-state index in [9.17, 15) is 19.5 Å². The predicted molar refractivity (Wildman–Crippen MR) is 131 cm³/mol. The average Bonchev–Trinajstić information content (AvgIpc) is 3.35. The molecule has 0 aromatic heterocycles. The molecule has 8 heteroatoms.